The smallest absolute Gasteiger partial charge is 0.335 e. The van der Waals surface area contributed by atoms with Gasteiger partial charge in [-0.05, 0) is 18.2 Å². The number of hydrogen-bond donors (Lipinski definition) is 1. The van der Waals surface area contributed by atoms with E-state index in [9.17, 15) is 19.2 Å². The van der Waals surface area contributed by atoms with E-state index >= 15 is 0 Å². The van der Waals surface area contributed by atoms with Gasteiger partial charge in [0.1, 0.15) is 0 Å². The summed E-state index contributed by atoms with van der Waals surface area (Å²) in [4.78, 5) is 49.0. The monoisotopic (exact) mass is 290 g/mol. The Kier molecular flexibility index (Phi) is 3.75. The first kappa shape index (κ1) is 14.7. The summed E-state index contributed by atoms with van der Waals surface area (Å²) in [6, 6.07) is 3.79. The Hall–Kier alpha value is -2.70. The van der Waals surface area contributed by atoms with E-state index in [1.807, 2.05) is 0 Å². The Morgan fingerprint density at radius 3 is 2.33 bits per heavy atom. The molecular formula is C14H14N2O5. The molecule has 1 N–H and O–H groups in total. The molecule has 1 aromatic carbocycles. The van der Waals surface area contributed by atoms with Crippen molar-refractivity contribution in [3.05, 3.63) is 34.9 Å². The molecule has 0 spiro atoms. The molecule has 1 aliphatic rings. The van der Waals surface area contributed by atoms with Crippen LogP contribution in [0.15, 0.2) is 18.2 Å². The first-order valence-electron chi connectivity index (χ1n) is 6.26. The maximum Gasteiger partial charge on any atom is 0.335 e. The molecular weight excluding hydrogens is 276 g/mol. The lowest BCUT2D eigenvalue weighted by molar-refractivity contribution is -0.128. The highest BCUT2D eigenvalue weighted by Gasteiger charge is 2.36. The fourth-order valence-electron chi connectivity index (χ4n) is 2.06. The van der Waals surface area contributed by atoms with Gasteiger partial charge in [-0.3, -0.25) is 19.3 Å². The van der Waals surface area contributed by atoms with Crippen LogP contribution in [-0.4, -0.2) is 59.2 Å². The van der Waals surface area contributed by atoms with Gasteiger partial charge in [0.25, 0.3) is 11.8 Å². The van der Waals surface area contributed by atoms with E-state index < -0.39 is 17.8 Å². The zero-order valence-electron chi connectivity index (χ0n) is 11.6. The number of carbonyl (C=O) groups is 4. The van der Waals surface area contributed by atoms with Gasteiger partial charge >= 0.3 is 5.97 Å². The van der Waals surface area contributed by atoms with Crippen LogP contribution in [-0.2, 0) is 4.79 Å². The highest BCUT2D eigenvalue weighted by Crippen LogP contribution is 2.24. The molecule has 7 heteroatoms. The van der Waals surface area contributed by atoms with Gasteiger partial charge in [0.05, 0.1) is 16.7 Å². The van der Waals surface area contributed by atoms with Crippen molar-refractivity contribution in [2.45, 2.75) is 6.42 Å². The maximum absolute atomic E-state index is 12.2. The summed E-state index contributed by atoms with van der Waals surface area (Å²) in [5, 5.41) is 8.91. The minimum Gasteiger partial charge on any atom is -0.478 e. The van der Waals surface area contributed by atoms with E-state index in [4.69, 9.17) is 5.11 Å². The number of carboxylic acids is 1. The molecule has 3 amide bonds. The van der Waals surface area contributed by atoms with Crippen molar-refractivity contribution in [2.24, 2.45) is 0 Å². The predicted molar refractivity (Wildman–Crippen MR) is 72.1 cm³/mol. The molecule has 110 valence electrons. The van der Waals surface area contributed by atoms with Crippen LogP contribution in [0, 0.1) is 0 Å². The van der Waals surface area contributed by atoms with Crippen molar-refractivity contribution in [1.29, 1.82) is 0 Å². The van der Waals surface area contributed by atoms with Crippen molar-refractivity contribution in [3.63, 3.8) is 0 Å². The summed E-state index contributed by atoms with van der Waals surface area (Å²) < 4.78 is 0. The number of amides is 3. The molecule has 0 unspecified atom stereocenters. The van der Waals surface area contributed by atoms with Gasteiger partial charge < -0.3 is 10.0 Å². The normalized spacial score (nSPS) is 13.3. The number of rotatable bonds is 4. The van der Waals surface area contributed by atoms with E-state index in [-0.39, 0.29) is 35.6 Å². The Balaban J connectivity index is 2.22. The molecule has 1 heterocycles. The van der Waals surface area contributed by atoms with Gasteiger partial charge in [0, 0.05) is 27.1 Å². The van der Waals surface area contributed by atoms with Crippen LogP contribution >= 0.6 is 0 Å². The van der Waals surface area contributed by atoms with Crippen LogP contribution in [0.4, 0.5) is 0 Å². The van der Waals surface area contributed by atoms with Crippen molar-refractivity contribution in [1.82, 2.24) is 9.80 Å². The molecule has 1 aromatic rings. The number of benzene rings is 1. The second-order valence-corrected chi connectivity index (χ2v) is 4.87. The number of carbonyl (C=O) groups excluding carboxylic acids is 3. The van der Waals surface area contributed by atoms with Crippen molar-refractivity contribution in [2.75, 3.05) is 20.6 Å². The number of fused-ring (bicyclic) bond motifs is 1. The maximum atomic E-state index is 12.2. The Labute approximate surface area is 120 Å². The summed E-state index contributed by atoms with van der Waals surface area (Å²) in [6.07, 6.45) is 0.0320. The van der Waals surface area contributed by atoms with Gasteiger partial charge in [-0.15, -0.1) is 0 Å². The number of aromatic carboxylic acids is 1. The van der Waals surface area contributed by atoms with Crippen LogP contribution in [0.1, 0.15) is 37.5 Å². The first-order valence-corrected chi connectivity index (χ1v) is 6.26. The summed E-state index contributed by atoms with van der Waals surface area (Å²) in [7, 11) is 3.17. The topological polar surface area (TPSA) is 95.0 Å². The molecule has 0 fully saturated rings. The highest BCUT2D eigenvalue weighted by molar-refractivity contribution is 6.22. The molecule has 7 nitrogen and oxygen atoms in total. The average molecular weight is 290 g/mol. The zero-order chi connectivity index (χ0) is 15.7. The molecule has 0 bridgehead atoms. The highest BCUT2D eigenvalue weighted by atomic mass is 16.4. The predicted octanol–water partition coefficient (Wildman–Crippen LogP) is 0.459. The average Bonchev–Trinajstić information content (AvgIpc) is 2.68. The van der Waals surface area contributed by atoms with E-state index in [2.05, 4.69) is 0 Å². The van der Waals surface area contributed by atoms with Gasteiger partial charge in [-0.25, -0.2) is 4.79 Å². The minimum absolute atomic E-state index is 0.0221. The Morgan fingerprint density at radius 2 is 1.76 bits per heavy atom. The SMILES string of the molecule is CN(C)C(=O)CCN1C(=O)c2ccc(C(=O)O)cc2C1=O. The minimum atomic E-state index is -1.17. The van der Waals surface area contributed by atoms with Gasteiger partial charge in [0.15, 0.2) is 0 Å². The van der Waals surface area contributed by atoms with E-state index in [1.165, 1.54) is 23.1 Å². The van der Waals surface area contributed by atoms with Crippen LogP contribution < -0.4 is 0 Å². The van der Waals surface area contributed by atoms with E-state index in [0.29, 0.717) is 0 Å². The summed E-state index contributed by atoms with van der Waals surface area (Å²) in [6.45, 7) is -0.0221. The summed E-state index contributed by atoms with van der Waals surface area (Å²) >= 11 is 0. The van der Waals surface area contributed by atoms with Gasteiger partial charge in [-0.2, -0.15) is 0 Å². The molecule has 0 saturated heterocycles. The molecule has 0 saturated carbocycles. The lowest BCUT2D eigenvalue weighted by Gasteiger charge is -2.15. The zero-order valence-corrected chi connectivity index (χ0v) is 11.6. The van der Waals surface area contributed by atoms with Crippen LogP contribution in [0.5, 0.6) is 0 Å². The van der Waals surface area contributed by atoms with Crippen LogP contribution in [0.3, 0.4) is 0 Å². The van der Waals surface area contributed by atoms with E-state index in [0.717, 1.165) is 4.90 Å². The second kappa shape index (κ2) is 5.35. The van der Waals surface area contributed by atoms with Crippen LogP contribution in [0.2, 0.25) is 0 Å². The molecule has 0 aromatic heterocycles. The third kappa shape index (κ3) is 2.62. The Bertz CT molecular complexity index is 651. The number of imide groups is 1. The molecule has 1 aliphatic heterocycles. The van der Waals surface area contributed by atoms with Crippen molar-refractivity contribution >= 4 is 23.7 Å². The van der Waals surface area contributed by atoms with E-state index in [1.54, 1.807) is 14.1 Å². The fraction of sp³-hybridized carbons (Fsp3) is 0.286. The second-order valence-electron chi connectivity index (χ2n) is 4.87. The number of hydrogen-bond acceptors (Lipinski definition) is 4. The molecule has 2 rings (SSSR count). The first-order chi connectivity index (χ1) is 9.82. The quantitative estimate of drug-likeness (QED) is 0.813. The summed E-state index contributed by atoms with van der Waals surface area (Å²) in [5.74, 6) is -2.43. The standard InChI is InChI=1S/C14H14N2O5/c1-15(2)11(17)5-6-16-12(18)9-4-3-8(14(20)21)7-10(9)13(16)19/h3-4,7H,5-6H2,1-2H3,(H,20,21). The molecule has 0 aliphatic carbocycles. The van der Waals surface area contributed by atoms with Gasteiger partial charge in [-0.1, -0.05) is 0 Å². The fourth-order valence-corrected chi connectivity index (χ4v) is 2.06. The third-order valence-electron chi connectivity index (χ3n) is 3.27. The largest absolute Gasteiger partial charge is 0.478 e. The molecule has 21 heavy (non-hydrogen) atoms. The number of nitrogens with zero attached hydrogens (tertiary/aromatic N) is 2. The van der Waals surface area contributed by atoms with Gasteiger partial charge in [0.2, 0.25) is 5.91 Å². The Morgan fingerprint density at radius 1 is 1.14 bits per heavy atom. The van der Waals surface area contributed by atoms with Crippen molar-refractivity contribution < 1.29 is 24.3 Å². The van der Waals surface area contributed by atoms with Crippen LogP contribution in [0.25, 0.3) is 0 Å². The lowest BCUT2D eigenvalue weighted by Crippen LogP contribution is -2.34. The molecule has 0 radical (unpaired) electrons. The third-order valence-corrected chi connectivity index (χ3v) is 3.27. The number of carboxylic acid groups (broad SMARTS) is 1. The summed E-state index contributed by atoms with van der Waals surface area (Å²) in [5.41, 5.74) is 0.181. The lowest BCUT2D eigenvalue weighted by atomic mass is 10.1. The molecule has 0 atom stereocenters. The van der Waals surface area contributed by atoms with Crippen molar-refractivity contribution in [3.8, 4) is 0 Å².